The molecule has 1 aliphatic rings. The van der Waals surface area contributed by atoms with Crippen molar-refractivity contribution >= 4 is 5.91 Å². The van der Waals surface area contributed by atoms with Crippen molar-refractivity contribution in [3.05, 3.63) is 108 Å². The van der Waals surface area contributed by atoms with E-state index in [2.05, 4.69) is 31.2 Å². The van der Waals surface area contributed by atoms with E-state index in [1.54, 1.807) is 0 Å². The van der Waals surface area contributed by atoms with Crippen LogP contribution in [0, 0.1) is 11.8 Å². The number of ether oxygens (including phenoxy) is 2. The number of likely N-dealkylation sites (tertiary alicyclic amines) is 1. The topological polar surface area (TPSA) is 38.8 Å². The fourth-order valence-corrected chi connectivity index (χ4v) is 4.30. The molecule has 0 unspecified atom stereocenters. The summed E-state index contributed by atoms with van der Waals surface area (Å²) in [6.45, 7) is 4.79. The Hall–Kier alpha value is -2.95. The predicted octanol–water partition coefficient (Wildman–Crippen LogP) is 5.26. The van der Waals surface area contributed by atoms with E-state index in [4.69, 9.17) is 9.47 Å². The molecule has 1 heterocycles. The number of hydrogen-bond acceptors (Lipinski definition) is 3. The first-order valence-corrected chi connectivity index (χ1v) is 11.3. The summed E-state index contributed by atoms with van der Waals surface area (Å²) in [7, 11) is 0. The maximum atomic E-state index is 13.4. The van der Waals surface area contributed by atoms with E-state index in [1.165, 1.54) is 0 Å². The number of nitrogens with zero attached hydrogens (tertiary/aromatic N) is 1. The third-order valence-corrected chi connectivity index (χ3v) is 6.20. The molecule has 1 aliphatic heterocycles. The molecule has 1 amide bonds. The van der Waals surface area contributed by atoms with E-state index >= 15 is 0 Å². The largest absolute Gasteiger partial charge is 0.376 e. The number of rotatable bonds is 10. The van der Waals surface area contributed by atoms with Crippen LogP contribution >= 0.6 is 0 Å². The summed E-state index contributed by atoms with van der Waals surface area (Å²) in [6, 6.07) is 30.5. The van der Waals surface area contributed by atoms with Crippen LogP contribution in [-0.2, 0) is 27.5 Å². The summed E-state index contributed by atoms with van der Waals surface area (Å²) in [5.41, 5.74) is 3.41. The van der Waals surface area contributed by atoms with Crippen LogP contribution < -0.4 is 0 Å². The quantitative estimate of drug-likeness (QED) is 0.441. The Morgan fingerprint density at radius 2 is 1.28 bits per heavy atom. The summed E-state index contributed by atoms with van der Waals surface area (Å²) < 4.78 is 12.0. The van der Waals surface area contributed by atoms with Gasteiger partial charge in [0.15, 0.2) is 0 Å². The van der Waals surface area contributed by atoms with Crippen molar-refractivity contribution in [1.29, 1.82) is 0 Å². The Balaban J connectivity index is 1.41. The number of amides is 1. The Morgan fingerprint density at radius 3 is 1.84 bits per heavy atom. The zero-order valence-electron chi connectivity index (χ0n) is 18.6. The van der Waals surface area contributed by atoms with Crippen LogP contribution in [0.15, 0.2) is 91.0 Å². The van der Waals surface area contributed by atoms with Crippen molar-refractivity contribution in [2.45, 2.75) is 26.2 Å². The monoisotopic (exact) mass is 429 g/mol. The summed E-state index contributed by atoms with van der Waals surface area (Å²) in [4.78, 5) is 15.4. The van der Waals surface area contributed by atoms with Gasteiger partial charge in [0.25, 0.3) is 0 Å². The zero-order valence-corrected chi connectivity index (χ0v) is 18.6. The SMILES string of the molecule is C[C@H](c1ccccc1)N1C[C@H](COCc2ccccc2)[C@@H](COCc2ccccc2)C1=O. The van der Waals surface area contributed by atoms with Crippen molar-refractivity contribution in [1.82, 2.24) is 4.90 Å². The molecule has 3 aromatic carbocycles. The lowest BCUT2D eigenvalue weighted by Gasteiger charge is -2.25. The summed E-state index contributed by atoms with van der Waals surface area (Å²) in [5, 5.41) is 0. The third kappa shape index (κ3) is 5.64. The van der Waals surface area contributed by atoms with E-state index in [9.17, 15) is 4.79 Å². The molecule has 0 saturated carbocycles. The number of carbonyl (C=O) groups is 1. The lowest BCUT2D eigenvalue weighted by Crippen LogP contribution is -2.31. The van der Waals surface area contributed by atoms with E-state index in [0.717, 1.165) is 16.7 Å². The maximum absolute atomic E-state index is 13.4. The van der Waals surface area contributed by atoms with Crippen LogP contribution in [0.3, 0.4) is 0 Å². The summed E-state index contributed by atoms with van der Waals surface area (Å²) in [6.07, 6.45) is 0. The Labute approximate surface area is 190 Å². The fraction of sp³-hybridized carbons (Fsp3) is 0.321. The average molecular weight is 430 g/mol. The van der Waals surface area contributed by atoms with Gasteiger partial charge >= 0.3 is 0 Å². The van der Waals surface area contributed by atoms with Crippen LogP contribution in [0.2, 0.25) is 0 Å². The first kappa shape index (κ1) is 22.3. The highest BCUT2D eigenvalue weighted by Crippen LogP contribution is 2.33. The third-order valence-electron chi connectivity index (χ3n) is 6.20. The molecule has 32 heavy (non-hydrogen) atoms. The highest BCUT2D eigenvalue weighted by Gasteiger charge is 2.42. The Kier molecular flexibility index (Phi) is 7.70. The second-order valence-electron chi connectivity index (χ2n) is 8.45. The number of hydrogen-bond donors (Lipinski definition) is 0. The first-order valence-electron chi connectivity index (χ1n) is 11.3. The molecule has 3 aromatic rings. The highest BCUT2D eigenvalue weighted by atomic mass is 16.5. The van der Waals surface area contributed by atoms with Crippen molar-refractivity contribution in [3.8, 4) is 0 Å². The van der Waals surface area contributed by atoms with Gasteiger partial charge in [-0.3, -0.25) is 4.79 Å². The molecule has 0 bridgehead atoms. The normalized spacial score (nSPS) is 19.3. The second-order valence-corrected chi connectivity index (χ2v) is 8.45. The molecule has 166 valence electrons. The minimum absolute atomic E-state index is 0.0273. The van der Waals surface area contributed by atoms with Crippen LogP contribution in [0.25, 0.3) is 0 Å². The molecule has 0 aliphatic carbocycles. The van der Waals surface area contributed by atoms with Gasteiger partial charge in [-0.15, -0.1) is 0 Å². The average Bonchev–Trinajstić information content (AvgIpc) is 3.16. The van der Waals surface area contributed by atoms with E-state index < -0.39 is 0 Å². The number of carbonyl (C=O) groups excluding carboxylic acids is 1. The van der Waals surface area contributed by atoms with Crippen LogP contribution in [0.5, 0.6) is 0 Å². The Morgan fingerprint density at radius 1 is 0.781 bits per heavy atom. The molecule has 3 atom stereocenters. The fourth-order valence-electron chi connectivity index (χ4n) is 4.30. The lowest BCUT2D eigenvalue weighted by atomic mass is 9.97. The van der Waals surface area contributed by atoms with Gasteiger partial charge in [-0.25, -0.2) is 0 Å². The molecule has 1 fully saturated rings. The van der Waals surface area contributed by atoms with Gasteiger partial charge in [0.1, 0.15) is 0 Å². The molecule has 4 nitrogen and oxygen atoms in total. The molecule has 0 N–H and O–H groups in total. The van der Waals surface area contributed by atoms with Gasteiger partial charge in [0, 0.05) is 12.5 Å². The van der Waals surface area contributed by atoms with Crippen LogP contribution in [-0.4, -0.2) is 30.6 Å². The molecular formula is C28H31NO3. The number of benzene rings is 3. The highest BCUT2D eigenvalue weighted by molar-refractivity contribution is 5.82. The summed E-state index contributed by atoms with van der Waals surface area (Å²) >= 11 is 0. The van der Waals surface area contributed by atoms with E-state index in [-0.39, 0.29) is 23.8 Å². The standard InChI is InChI=1S/C28H31NO3/c1-22(25-15-9-4-10-16-25)29-17-26(20-31-18-23-11-5-2-6-12-23)27(28(29)30)21-32-19-24-13-7-3-8-14-24/h2-16,22,26-27H,17-21H2,1H3/t22-,26-,27-/m1/s1. The summed E-state index contributed by atoms with van der Waals surface area (Å²) in [5.74, 6) is 0.0662. The molecule has 4 rings (SSSR count). The first-order chi connectivity index (χ1) is 15.7. The zero-order chi connectivity index (χ0) is 22.2. The van der Waals surface area contributed by atoms with E-state index in [1.807, 2.05) is 71.6 Å². The molecular weight excluding hydrogens is 398 g/mol. The smallest absolute Gasteiger partial charge is 0.228 e. The van der Waals surface area contributed by atoms with Gasteiger partial charge in [0.2, 0.25) is 5.91 Å². The molecule has 4 heteroatoms. The maximum Gasteiger partial charge on any atom is 0.228 e. The van der Waals surface area contributed by atoms with Gasteiger partial charge in [0.05, 0.1) is 38.4 Å². The van der Waals surface area contributed by atoms with Gasteiger partial charge in [-0.2, -0.15) is 0 Å². The minimum Gasteiger partial charge on any atom is -0.376 e. The molecule has 0 aromatic heterocycles. The predicted molar refractivity (Wildman–Crippen MR) is 126 cm³/mol. The molecule has 0 radical (unpaired) electrons. The van der Waals surface area contributed by atoms with Crippen LogP contribution in [0.4, 0.5) is 0 Å². The van der Waals surface area contributed by atoms with Crippen molar-refractivity contribution in [2.24, 2.45) is 11.8 Å². The van der Waals surface area contributed by atoms with Gasteiger partial charge in [-0.05, 0) is 23.6 Å². The second kappa shape index (κ2) is 11.1. The van der Waals surface area contributed by atoms with E-state index in [0.29, 0.717) is 33.0 Å². The molecule has 1 saturated heterocycles. The van der Waals surface area contributed by atoms with Crippen molar-refractivity contribution < 1.29 is 14.3 Å². The van der Waals surface area contributed by atoms with Crippen molar-refractivity contribution in [2.75, 3.05) is 19.8 Å². The molecule has 0 spiro atoms. The Bertz CT molecular complexity index is 962. The lowest BCUT2D eigenvalue weighted by molar-refractivity contribution is -0.135. The minimum atomic E-state index is -0.194. The van der Waals surface area contributed by atoms with Crippen molar-refractivity contribution in [3.63, 3.8) is 0 Å². The van der Waals surface area contributed by atoms with Gasteiger partial charge in [-0.1, -0.05) is 91.0 Å². The van der Waals surface area contributed by atoms with Crippen LogP contribution in [0.1, 0.15) is 29.7 Å². The van der Waals surface area contributed by atoms with Gasteiger partial charge < -0.3 is 14.4 Å².